The van der Waals surface area contributed by atoms with E-state index in [1.54, 1.807) is 24.3 Å². The third kappa shape index (κ3) is 9.62. The number of nitrogens with zero attached hydrogens (tertiary/aromatic N) is 3. The lowest BCUT2D eigenvalue weighted by Gasteiger charge is -2.33. The van der Waals surface area contributed by atoms with Crippen molar-refractivity contribution in [2.24, 2.45) is 5.92 Å². The maximum Gasteiger partial charge on any atom is 0.493 e. The summed E-state index contributed by atoms with van der Waals surface area (Å²) in [6.07, 6.45) is -1.54. The number of piperidine rings is 1. The van der Waals surface area contributed by atoms with Gasteiger partial charge in [-0.2, -0.15) is 13.2 Å². The van der Waals surface area contributed by atoms with E-state index >= 15 is 0 Å². The average molecular weight is 618 g/mol. The number of hydrogen-bond donors (Lipinski definition) is 0. The third-order valence-corrected chi connectivity index (χ3v) is 7.63. The lowest BCUT2D eigenvalue weighted by Crippen LogP contribution is -2.47. The van der Waals surface area contributed by atoms with Crippen LogP contribution in [0.5, 0.6) is 5.75 Å². The summed E-state index contributed by atoms with van der Waals surface area (Å²) in [5, 5.41) is 0.841. The van der Waals surface area contributed by atoms with Crippen LogP contribution in [0, 0.1) is 5.92 Å². The number of rotatable bonds is 10. The van der Waals surface area contributed by atoms with Gasteiger partial charge in [-0.1, -0.05) is 54.1 Å². The van der Waals surface area contributed by atoms with Crippen molar-refractivity contribution in [1.29, 1.82) is 0 Å². The SMILES string of the molecule is COc1ccc(N(OC(=O)C(F)(F)F)C(=O)N(CCCN2CCC(Cc3ccccc3)CC2)Cc2cccc(Cl)c2)cc1. The van der Waals surface area contributed by atoms with Crippen LogP contribution in [0.3, 0.4) is 0 Å². The predicted molar refractivity (Wildman–Crippen MR) is 159 cm³/mol. The molecule has 4 rings (SSSR count). The molecule has 1 fully saturated rings. The zero-order valence-electron chi connectivity index (χ0n) is 23.9. The highest BCUT2D eigenvalue weighted by Gasteiger charge is 2.44. The van der Waals surface area contributed by atoms with Crippen molar-refractivity contribution >= 4 is 29.3 Å². The highest BCUT2D eigenvalue weighted by atomic mass is 35.5. The smallest absolute Gasteiger partial charge is 0.493 e. The fourth-order valence-corrected chi connectivity index (χ4v) is 5.34. The molecule has 0 aromatic heterocycles. The van der Waals surface area contributed by atoms with Crippen molar-refractivity contribution in [2.75, 3.05) is 38.4 Å². The molecule has 230 valence electrons. The van der Waals surface area contributed by atoms with Crippen molar-refractivity contribution in [2.45, 2.75) is 38.4 Å². The lowest BCUT2D eigenvalue weighted by atomic mass is 9.90. The van der Waals surface area contributed by atoms with Crippen LogP contribution < -0.4 is 9.80 Å². The Labute approximate surface area is 254 Å². The van der Waals surface area contributed by atoms with Crippen LogP contribution >= 0.6 is 11.6 Å². The Kier molecular flexibility index (Phi) is 11.3. The van der Waals surface area contributed by atoms with Gasteiger partial charge in [0.15, 0.2) is 0 Å². The quantitative estimate of drug-likeness (QED) is 0.226. The van der Waals surface area contributed by atoms with Crippen molar-refractivity contribution < 1.29 is 32.3 Å². The summed E-state index contributed by atoms with van der Waals surface area (Å²) in [7, 11) is 1.43. The number of alkyl halides is 3. The minimum Gasteiger partial charge on any atom is -0.497 e. The van der Waals surface area contributed by atoms with Gasteiger partial charge in [0.2, 0.25) is 0 Å². The first kappa shape index (κ1) is 32.2. The highest BCUT2D eigenvalue weighted by molar-refractivity contribution is 6.30. The van der Waals surface area contributed by atoms with E-state index in [-0.39, 0.29) is 18.8 Å². The summed E-state index contributed by atoms with van der Waals surface area (Å²) < 4.78 is 44.7. The van der Waals surface area contributed by atoms with Gasteiger partial charge in [0, 0.05) is 18.1 Å². The maximum absolute atomic E-state index is 13.8. The van der Waals surface area contributed by atoms with Gasteiger partial charge < -0.3 is 19.4 Å². The van der Waals surface area contributed by atoms with Crippen LogP contribution in [0.25, 0.3) is 0 Å². The topological polar surface area (TPSA) is 62.3 Å². The van der Waals surface area contributed by atoms with Crippen LogP contribution in [0.2, 0.25) is 5.02 Å². The molecule has 1 aliphatic rings. The summed E-state index contributed by atoms with van der Waals surface area (Å²) in [6, 6.07) is 22.0. The molecule has 0 saturated carbocycles. The van der Waals surface area contributed by atoms with E-state index < -0.39 is 18.2 Å². The van der Waals surface area contributed by atoms with Crippen LogP contribution in [0.1, 0.15) is 30.4 Å². The lowest BCUT2D eigenvalue weighted by molar-refractivity contribution is -0.200. The second-order valence-electron chi connectivity index (χ2n) is 10.5. The van der Waals surface area contributed by atoms with Gasteiger partial charge in [0.25, 0.3) is 0 Å². The Balaban J connectivity index is 1.45. The molecule has 43 heavy (non-hydrogen) atoms. The first-order chi connectivity index (χ1) is 20.6. The van der Waals surface area contributed by atoms with Gasteiger partial charge in [-0.3, -0.25) is 0 Å². The number of urea groups is 1. The third-order valence-electron chi connectivity index (χ3n) is 7.40. The highest BCUT2D eigenvalue weighted by Crippen LogP contribution is 2.26. The van der Waals surface area contributed by atoms with Gasteiger partial charge in [-0.25, -0.2) is 9.59 Å². The molecule has 0 bridgehead atoms. The molecular weight excluding hydrogens is 583 g/mol. The Bertz CT molecular complexity index is 1330. The molecule has 1 heterocycles. The fourth-order valence-electron chi connectivity index (χ4n) is 5.13. The van der Waals surface area contributed by atoms with Crippen molar-refractivity contribution in [3.63, 3.8) is 0 Å². The van der Waals surface area contributed by atoms with Crippen molar-refractivity contribution in [3.8, 4) is 5.75 Å². The molecule has 0 spiro atoms. The molecule has 0 aliphatic carbocycles. The minimum absolute atomic E-state index is 0.0504. The molecule has 0 radical (unpaired) electrons. The number of ether oxygens (including phenoxy) is 1. The molecule has 3 aromatic rings. The van der Waals surface area contributed by atoms with Gasteiger partial charge in [0.1, 0.15) is 5.75 Å². The normalized spacial score (nSPS) is 14.3. The van der Waals surface area contributed by atoms with Crippen LogP contribution in [0.15, 0.2) is 78.9 Å². The second-order valence-corrected chi connectivity index (χ2v) is 11.0. The molecule has 0 unspecified atom stereocenters. The first-order valence-corrected chi connectivity index (χ1v) is 14.5. The van der Waals surface area contributed by atoms with Crippen LogP contribution in [-0.4, -0.2) is 61.3 Å². The Morgan fingerprint density at radius 3 is 2.26 bits per heavy atom. The Morgan fingerprint density at radius 2 is 1.63 bits per heavy atom. The zero-order chi connectivity index (χ0) is 30.8. The molecule has 1 aliphatic heterocycles. The first-order valence-electron chi connectivity index (χ1n) is 14.2. The molecule has 7 nitrogen and oxygen atoms in total. The Hall–Kier alpha value is -3.76. The van der Waals surface area contributed by atoms with Crippen LogP contribution in [0.4, 0.5) is 23.7 Å². The molecule has 0 atom stereocenters. The van der Waals surface area contributed by atoms with Gasteiger partial charge in [-0.15, -0.1) is 5.06 Å². The zero-order valence-corrected chi connectivity index (χ0v) is 24.7. The fraction of sp³-hybridized carbons (Fsp3) is 0.375. The summed E-state index contributed by atoms with van der Waals surface area (Å²) >= 11 is 6.16. The molecular formula is C32H35ClF3N3O4. The number of methoxy groups -OCH3 is 1. The number of amides is 2. The standard InChI is InChI=1S/C32H35ClF3N3O4/c1-42-29-13-11-28(12-14-29)39(43-30(40)32(34,35)36)31(41)38(23-26-9-5-10-27(33)22-26)18-6-17-37-19-15-25(16-20-37)21-24-7-3-2-4-8-24/h2-5,7-14,22,25H,6,15-21,23H2,1H3. The average Bonchev–Trinajstić information content (AvgIpc) is 3.00. The van der Waals surface area contributed by atoms with Crippen molar-refractivity contribution in [1.82, 2.24) is 9.80 Å². The van der Waals surface area contributed by atoms with E-state index in [9.17, 15) is 22.8 Å². The van der Waals surface area contributed by atoms with E-state index in [0.29, 0.717) is 40.3 Å². The van der Waals surface area contributed by atoms with E-state index in [1.165, 1.54) is 41.8 Å². The molecule has 0 N–H and O–H groups in total. The number of hydroxylamine groups is 1. The number of anilines is 1. The predicted octanol–water partition coefficient (Wildman–Crippen LogP) is 7.14. The largest absolute Gasteiger partial charge is 0.497 e. The van der Waals surface area contributed by atoms with Crippen LogP contribution in [-0.2, 0) is 22.6 Å². The van der Waals surface area contributed by atoms with Crippen molar-refractivity contribution in [3.05, 3.63) is 95.0 Å². The summed E-state index contributed by atoms with van der Waals surface area (Å²) in [5.74, 6) is -1.47. The minimum atomic E-state index is -5.30. The number of carbonyl (C=O) groups excluding carboxylic acids is 2. The van der Waals surface area contributed by atoms with Gasteiger partial charge in [0.05, 0.1) is 12.8 Å². The molecule has 2 amide bonds. The number of carbonyl (C=O) groups is 2. The number of benzene rings is 3. The van der Waals surface area contributed by atoms with E-state index in [1.807, 2.05) is 6.07 Å². The monoisotopic (exact) mass is 617 g/mol. The second kappa shape index (κ2) is 15.1. The summed E-state index contributed by atoms with van der Waals surface area (Å²) in [6.45, 7) is 2.84. The summed E-state index contributed by atoms with van der Waals surface area (Å²) in [5.41, 5.74) is 1.96. The molecule has 1 saturated heterocycles. The number of likely N-dealkylation sites (tertiary alicyclic amines) is 1. The Morgan fingerprint density at radius 1 is 0.953 bits per heavy atom. The number of halogens is 4. The van der Waals surface area contributed by atoms with E-state index in [4.69, 9.17) is 16.3 Å². The van der Waals surface area contributed by atoms with E-state index in [0.717, 1.165) is 32.4 Å². The maximum atomic E-state index is 13.8. The molecule has 3 aromatic carbocycles. The number of hydrogen-bond acceptors (Lipinski definition) is 5. The van der Waals surface area contributed by atoms with Gasteiger partial charge >= 0.3 is 18.2 Å². The summed E-state index contributed by atoms with van der Waals surface area (Å²) in [4.78, 5) is 34.0. The van der Waals surface area contributed by atoms with Gasteiger partial charge in [-0.05, 0) is 98.8 Å². The van der Waals surface area contributed by atoms with E-state index in [2.05, 4.69) is 34.0 Å². The molecule has 11 heteroatoms.